The van der Waals surface area contributed by atoms with Crippen LogP contribution in [0.25, 0.3) is 0 Å². The van der Waals surface area contributed by atoms with E-state index in [2.05, 4.69) is 0 Å². The molecule has 0 fully saturated rings. The number of ether oxygens (including phenoxy) is 1. The molecule has 0 spiro atoms. The first-order chi connectivity index (χ1) is 13.4. The van der Waals surface area contributed by atoms with E-state index in [1.54, 1.807) is 0 Å². The summed E-state index contributed by atoms with van der Waals surface area (Å²) >= 11 is -2.09. The first kappa shape index (κ1) is 21.5. The second-order valence-corrected chi connectivity index (χ2v) is 15.0. The van der Waals surface area contributed by atoms with Crippen molar-refractivity contribution < 1.29 is 22.8 Å². The summed E-state index contributed by atoms with van der Waals surface area (Å²) in [5.74, 6) is 0.700. The Morgan fingerprint density at radius 2 is 1.39 bits per heavy atom. The third-order valence-electron chi connectivity index (χ3n) is 4.15. The normalized spacial score (nSPS) is 12.0. The molecule has 3 aromatic rings. The maximum absolute atomic E-state index is 14.5. The summed E-state index contributed by atoms with van der Waals surface area (Å²) in [6.07, 6.45) is 0.0133. The molecule has 0 saturated heterocycles. The quantitative estimate of drug-likeness (QED) is 0.331. The molecule has 148 valence electrons. The van der Waals surface area contributed by atoms with Crippen molar-refractivity contribution in [3.05, 3.63) is 84.4 Å². The zero-order valence-corrected chi connectivity index (χ0v) is 19.7. The first-order valence-corrected chi connectivity index (χ1v) is 16.0. The van der Waals surface area contributed by atoms with Crippen molar-refractivity contribution in [3.8, 4) is 5.75 Å². The van der Waals surface area contributed by atoms with Crippen LogP contribution in [0, 0.1) is 0 Å². The van der Waals surface area contributed by atoms with Gasteiger partial charge in [0, 0.05) is 0 Å². The number of rotatable bonds is 6. The molecular weight excluding hydrogens is 499 g/mol. The zero-order chi connectivity index (χ0) is 20.1. The average Bonchev–Trinajstić information content (AvgIpc) is 2.69. The van der Waals surface area contributed by atoms with E-state index in [4.69, 9.17) is 24.1 Å². The predicted octanol–water partition coefficient (Wildman–Crippen LogP) is 5.19. The van der Waals surface area contributed by atoms with Gasteiger partial charge in [0.15, 0.2) is 0 Å². The van der Waals surface area contributed by atoms with E-state index in [0.717, 1.165) is 21.5 Å². The van der Waals surface area contributed by atoms with Crippen LogP contribution in [-0.2, 0) is 18.1 Å². The molecule has 0 saturated carbocycles. The maximum atomic E-state index is 14.5. The van der Waals surface area contributed by atoms with Gasteiger partial charge in [-0.2, -0.15) is 0 Å². The summed E-state index contributed by atoms with van der Waals surface area (Å²) in [5.41, 5.74) is 0.794. The topological polar surface area (TPSA) is 26.3 Å². The van der Waals surface area contributed by atoms with E-state index < -0.39 is 20.7 Å². The van der Waals surface area contributed by atoms with Crippen molar-refractivity contribution in [2.24, 2.45) is 0 Å². The Bertz CT molecular complexity index is 974. The summed E-state index contributed by atoms with van der Waals surface area (Å²) < 4.78 is 22.2. The molecular formula is C22H21Cl2O2PRu. The van der Waals surface area contributed by atoms with Crippen molar-refractivity contribution in [2.75, 3.05) is 0 Å². The van der Waals surface area contributed by atoms with Crippen LogP contribution in [0.5, 0.6) is 5.75 Å². The van der Waals surface area contributed by atoms with E-state index in [1.165, 1.54) is 0 Å². The molecule has 0 amide bonds. The summed E-state index contributed by atoms with van der Waals surface area (Å²) in [6.45, 7) is 3.93. The van der Waals surface area contributed by atoms with Gasteiger partial charge >= 0.3 is 180 Å². The van der Waals surface area contributed by atoms with Crippen LogP contribution in [0.4, 0.5) is 0 Å². The Balaban J connectivity index is 2.24. The van der Waals surface area contributed by atoms with Crippen LogP contribution in [0.2, 0.25) is 0 Å². The van der Waals surface area contributed by atoms with Crippen molar-refractivity contribution in [3.63, 3.8) is 0 Å². The van der Waals surface area contributed by atoms with Crippen molar-refractivity contribution >= 4 is 47.0 Å². The van der Waals surface area contributed by atoms with Gasteiger partial charge in [-0.05, 0) is 0 Å². The molecule has 0 unspecified atom stereocenters. The minimum atomic E-state index is -3.05. The Labute approximate surface area is 179 Å². The van der Waals surface area contributed by atoms with Gasteiger partial charge in [-0.3, -0.25) is 0 Å². The fourth-order valence-electron chi connectivity index (χ4n) is 2.98. The van der Waals surface area contributed by atoms with Crippen LogP contribution in [0.3, 0.4) is 0 Å². The predicted molar refractivity (Wildman–Crippen MR) is 118 cm³/mol. The molecule has 0 atom stereocenters. The van der Waals surface area contributed by atoms with Gasteiger partial charge in [-0.15, -0.1) is 0 Å². The van der Waals surface area contributed by atoms with Crippen LogP contribution < -0.4 is 20.7 Å². The van der Waals surface area contributed by atoms with Crippen molar-refractivity contribution in [1.29, 1.82) is 0 Å². The van der Waals surface area contributed by atoms with Gasteiger partial charge in [-0.1, -0.05) is 0 Å². The molecule has 28 heavy (non-hydrogen) atoms. The second kappa shape index (κ2) is 9.51. The minimum absolute atomic E-state index is 0.0133. The van der Waals surface area contributed by atoms with Gasteiger partial charge < -0.3 is 0 Å². The SMILES string of the molecule is CC(C)Oc1ccc(P(=O)(c2ccccc2)c2ccccc2)cc1[CH]=[Ru]([Cl])[Cl]. The molecule has 6 heteroatoms. The number of hydrogen-bond donors (Lipinski definition) is 0. The molecule has 0 aromatic heterocycles. The van der Waals surface area contributed by atoms with Crippen LogP contribution in [0.1, 0.15) is 19.4 Å². The number of halogens is 2. The van der Waals surface area contributed by atoms with Gasteiger partial charge in [0.2, 0.25) is 0 Å². The first-order valence-electron chi connectivity index (χ1n) is 8.77. The Hall–Kier alpha value is -1.24. The van der Waals surface area contributed by atoms with Crippen LogP contribution in [0.15, 0.2) is 78.9 Å². The molecule has 0 N–H and O–H groups in total. The van der Waals surface area contributed by atoms with Gasteiger partial charge in [0.25, 0.3) is 0 Å². The summed E-state index contributed by atoms with van der Waals surface area (Å²) in [5, 5.41) is 2.31. The summed E-state index contributed by atoms with van der Waals surface area (Å²) in [6, 6.07) is 24.8. The fraction of sp³-hybridized carbons (Fsp3) is 0.136. The molecule has 0 aliphatic heterocycles. The van der Waals surface area contributed by atoms with Crippen molar-refractivity contribution in [2.45, 2.75) is 20.0 Å². The van der Waals surface area contributed by atoms with E-state index in [9.17, 15) is 4.57 Å². The van der Waals surface area contributed by atoms with E-state index in [1.807, 2.05) is 97.3 Å². The van der Waals surface area contributed by atoms with E-state index in [-0.39, 0.29) is 6.10 Å². The average molecular weight is 520 g/mol. The van der Waals surface area contributed by atoms with Crippen molar-refractivity contribution in [1.82, 2.24) is 0 Å². The number of benzene rings is 3. The zero-order valence-electron chi connectivity index (χ0n) is 15.5. The third-order valence-corrected chi connectivity index (χ3v) is 9.04. The van der Waals surface area contributed by atoms with Gasteiger partial charge in [0.05, 0.1) is 0 Å². The standard InChI is InChI=1S/C22H21O2P.2ClH.Ru/c1-17(2)24-22-15-14-21(16-18(22)3)25(23,19-10-6-4-7-11-19)20-12-8-5-9-13-20;;;/h3-17H,1-2H3;2*1H;/q;;;+2/p-2. The van der Waals surface area contributed by atoms with Crippen LogP contribution >= 0.6 is 26.5 Å². The molecule has 0 aliphatic carbocycles. The Morgan fingerprint density at radius 3 is 1.86 bits per heavy atom. The van der Waals surface area contributed by atoms with E-state index >= 15 is 0 Å². The molecule has 2 nitrogen and oxygen atoms in total. The Kier molecular flexibility index (Phi) is 7.29. The second-order valence-electron chi connectivity index (χ2n) is 6.48. The van der Waals surface area contributed by atoms with Gasteiger partial charge in [0.1, 0.15) is 0 Å². The fourth-order valence-corrected chi connectivity index (χ4v) is 7.45. The van der Waals surface area contributed by atoms with Gasteiger partial charge in [-0.25, -0.2) is 0 Å². The summed E-state index contributed by atoms with van der Waals surface area (Å²) in [7, 11) is 9.25. The number of hydrogen-bond acceptors (Lipinski definition) is 2. The van der Waals surface area contributed by atoms with Crippen LogP contribution in [-0.4, -0.2) is 10.7 Å². The third kappa shape index (κ3) is 4.84. The molecule has 3 rings (SSSR count). The monoisotopic (exact) mass is 520 g/mol. The molecule has 3 aromatic carbocycles. The molecule has 0 radical (unpaired) electrons. The Morgan fingerprint density at radius 1 is 0.857 bits per heavy atom. The molecule has 0 bridgehead atoms. The molecule has 0 heterocycles. The summed E-state index contributed by atoms with van der Waals surface area (Å²) in [4.78, 5) is 0. The molecule has 0 aliphatic rings. The van der Waals surface area contributed by atoms with E-state index in [0.29, 0.717) is 5.75 Å².